The maximum absolute atomic E-state index is 12.2. The SMILES string of the molecule is CN(C)CCNC(=O)c1ccc(/C=N/Nc2ccnc3c2cnn3-n2ccnc2)cc1. The maximum Gasteiger partial charge on any atom is 0.251 e. The number of amides is 1. The number of benzene rings is 1. The lowest BCUT2D eigenvalue weighted by Crippen LogP contribution is -2.31. The van der Waals surface area contributed by atoms with Gasteiger partial charge in [-0.2, -0.15) is 10.2 Å². The van der Waals surface area contributed by atoms with Crippen LogP contribution in [0.5, 0.6) is 0 Å². The summed E-state index contributed by atoms with van der Waals surface area (Å²) in [6, 6.07) is 9.11. The van der Waals surface area contributed by atoms with Gasteiger partial charge in [0.2, 0.25) is 0 Å². The Balaban J connectivity index is 1.41. The van der Waals surface area contributed by atoms with Gasteiger partial charge in [0, 0.05) is 37.2 Å². The summed E-state index contributed by atoms with van der Waals surface area (Å²) < 4.78 is 1.74. The minimum absolute atomic E-state index is 0.0856. The number of pyridine rings is 1. The molecule has 4 rings (SSSR count). The van der Waals surface area contributed by atoms with Gasteiger partial charge in [0.05, 0.1) is 23.5 Å². The van der Waals surface area contributed by atoms with Gasteiger partial charge in [0.1, 0.15) is 6.33 Å². The van der Waals surface area contributed by atoms with Gasteiger partial charge in [0.15, 0.2) is 5.65 Å². The zero-order chi connectivity index (χ0) is 21.6. The monoisotopic (exact) mass is 417 g/mol. The summed E-state index contributed by atoms with van der Waals surface area (Å²) in [5.74, 6) is -0.0856. The summed E-state index contributed by atoms with van der Waals surface area (Å²) in [5.41, 5.74) is 5.99. The average Bonchev–Trinajstić information content (AvgIpc) is 3.44. The molecule has 0 bridgehead atoms. The first kappa shape index (κ1) is 20.2. The van der Waals surface area contributed by atoms with Crippen LogP contribution in [0.2, 0.25) is 0 Å². The Hall–Kier alpha value is -4.05. The molecule has 0 aliphatic carbocycles. The Labute approximate surface area is 179 Å². The molecule has 1 aromatic carbocycles. The van der Waals surface area contributed by atoms with E-state index in [1.54, 1.807) is 58.9 Å². The molecule has 1 amide bonds. The second kappa shape index (κ2) is 9.18. The van der Waals surface area contributed by atoms with Crippen molar-refractivity contribution in [1.82, 2.24) is 34.8 Å². The summed E-state index contributed by atoms with van der Waals surface area (Å²) in [5, 5.41) is 12.4. The van der Waals surface area contributed by atoms with Crippen LogP contribution in [-0.4, -0.2) is 68.7 Å². The van der Waals surface area contributed by atoms with Crippen molar-refractivity contribution in [3.05, 3.63) is 72.6 Å². The van der Waals surface area contributed by atoms with E-state index in [0.717, 1.165) is 23.2 Å². The van der Waals surface area contributed by atoms with Crippen molar-refractivity contribution in [1.29, 1.82) is 0 Å². The van der Waals surface area contributed by atoms with Gasteiger partial charge < -0.3 is 10.2 Å². The number of aromatic nitrogens is 5. The predicted octanol–water partition coefficient (Wildman–Crippen LogP) is 1.68. The largest absolute Gasteiger partial charge is 0.351 e. The first-order valence-electron chi connectivity index (χ1n) is 9.75. The molecule has 10 nitrogen and oxygen atoms in total. The van der Waals surface area contributed by atoms with E-state index in [2.05, 4.69) is 30.9 Å². The van der Waals surface area contributed by atoms with Gasteiger partial charge in [0.25, 0.3) is 5.91 Å². The fraction of sp³-hybridized carbons (Fsp3) is 0.190. The number of carbonyl (C=O) groups is 1. The Bertz CT molecular complexity index is 1180. The van der Waals surface area contributed by atoms with Crippen molar-refractivity contribution >= 4 is 28.8 Å². The van der Waals surface area contributed by atoms with Crippen LogP contribution < -0.4 is 10.7 Å². The van der Waals surface area contributed by atoms with Gasteiger partial charge in [-0.3, -0.25) is 10.2 Å². The zero-order valence-corrected chi connectivity index (χ0v) is 17.3. The van der Waals surface area contributed by atoms with Crippen molar-refractivity contribution in [3.63, 3.8) is 0 Å². The number of hydrogen-bond acceptors (Lipinski definition) is 7. The lowest BCUT2D eigenvalue weighted by atomic mass is 10.1. The van der Waals surface area contributed by atoms with E-state index in [1.165, 1.54) is 0 Å². The molecular formula is C21H23N9O. The van der Waals surface area contributed by atoms with E-state index < -0.39 is 0 Å². The molecule has 31 heavy (non-hydrogen) atoms. The van der Waals surface area contributed by atoms with Gasteiger partial charge in [-0.05, 0) is 37.9 Å². The van der Waals surface area contributed by atoms with Gasteiger partial charge in [-0.25, -0.2) is 14.6 Å². The van der Waals surface area contributed by atoms with Crippen LogP contribution >= 0.6 is 0 Å². The van der Waals surface area contributed by atoms with Crippen LogP contribution in [0.15, 0.2) is 66.5 Å². The number of nitrogens with zero attached hydrogens (tertiary/aromatic N) is 7. The molecule has 0 saturated carbocycles. The van der Waals surface area contributed by atoms with Gasteiger partial charge in [-0.1, -0.05) is 12.1 Å². The number of fused-ring (bicyclic) bond motifs is 1. The van der Waals surface area contributed by atoms with E-state index in [9.17, 15) is 4.79 Å². The number of imidazole rings is 1. The Morgan fingerprint density at radius 1 is 1.19 bits per heavy atom. The number of likely N-dealkylation sites (N-methyl/N-ethyl adjacent to an activating group) is 1. The highest BCUT2D eigenvalue weighted by Crippen LogP contribution is 2.21. The van der Waals surface area contributed by atoms with Crippen LogP contribution in [-0.2, 0) is 0 Å². The highest BCUT2D eigenvalue weighted by molar-refractivity contribution is 5.95. The lowest BCUT2D eigenvalue weighted by Gasteiger charge is -2.10. The summed E-state index contributed by atoms with van der Waals surface area (Å²) in [6.45, 7) is 1.41. The minimum atomic E-state index is -0.0856. The second-order valence-electron chi connectivity index (χ2n) is 7.12. The average molecular weight is 417 g/mol. The van der Waals surface area contributed by atoms with E-state index in [-0.39, 0.29) is 5.91 Å². The molecule has 3 heterocycles. The van der Waals surface area contributed by atoms with Crippen molar-refractivity contribution < 1.29 is 4.79 Å². The number of rotatable bonds is 8. The first-order chi connectivity index (χ1) is 15.1. The van der Waals surface area contributed by atoms with Crippen LogP contribution in [0.1, 0.15) is 15.9 Å². The third-order valence-corrected chi connectivity index (χ3v) is 4.58. The molecule has 4 aromatic rings. The number of anilines is 1. The molecule has 0 aliphatic rings. The van der Waals surface area contributed by atoms with E-state index in [4.69, 9.17) is 0 Å². The molecule has 0 radical (unpaired) electrons. The Kier molecular flexibility index (Phi) is 5.99. The van der Waals surface area contributed by atoms with Crippen molar-refractivity contribution in [2.75, 3.05) is 32.6 Å². The quantitative estimate of drug-likeness (QED) is 0.334. The zero-order valence-electron chi connectivity index (χ0n) is 17.3. The number of hydrazone groups is 1. The lowest BCUT2D eigenvalue weighted by molar-refractivity contribution is 0.0951. The second-order valence-corrected chi connectivity index (χ2v) is 7.12. The summed E-state index contributed by atoms with van der Waals surface area (Å²) >= 11 is 0. The number of carbonyl (C=O) groups excluding carboxylic acids is 1. The topological polar surface area (TPSA) is 105 Å². The molecule has 0 fully saturated rings. The molecule has 10 heteroatoms. The van der Waals surface area contributed by atoms with E-state index >= 15 is 0 Å². The van der Waals surface area contributed by atoms with Crippen molar-refractivity contribution in [2.45, 2.75) is 0 Å². The van der Waals surface area contributed by atoms with Gasteiger partial charge in [-0.15, -0.1) is 4.79 Å². The smallest absolute Gasteiger partial charge is 0.251 e. The summed E-state index contributed by atoms with van der Waals surface area (Å²) in [6.07, 6.45) is 10.2. The van der Waals surface area contributed by atoms with E-state index in [1.807, 2.05) is 37.2 Å². The fourth-order valence-corrected chi connectivity index (χ4v) is 2.94. The van der Waals surface area contributed by atoms with Gasteiger partial charge >= 0.3 is 0 Å². The van der Waals surface area contributed by atoms with E-state index in [0.29, 0.717) is 17.8 Å². The third kappa shape index (κ3) is 4.75. The Morgan fingerprint density at radius 2 is 2.03 bits per heavy atom. The highest BCUT2D eigenvalue weighted by atomic mass is 16.1. The molecule has 0 unspecified atom stereocenters. The van der Waals surface area contributed by atoms with Crippen LogP contribution in [0.3, 0.4) is 0 Å². The molecular weight excluding hydrogens is 394 g/mol. The number of nitrogens with one attached hydrogen (secondary N) is 2. The fourth-order valence-electron chi connectivity index (χ4n) is 2.94. The molecule has 158 valence electrons. The van der Waals surface area contributed by atoms with Crippen molar-refractivity contribution in [2.24, 2.45) is 5.10 Å². The maximum atomic E-state index is 12.2. The first-order valence-corrected chi connectivity index (χ1v) is 9.75. The Morgan fingerprint density at radius 3 is 2.77 bits per heavy atom. The van der Waals surface area contributed by atoms with Crippen LogP contribution in [0, 0.1) is 0 Å². The molecule has 0 spiro atoms. The summed E-state index contributed by atoms with van der Waals surface area (Å²) in [4.78, 5) is 24.3. The predicted molar refractivity (Wildman–Crippen MR) is 119 cm³/mol. The molecule has 0 atom stereocenters. The number of hydrogen-bond donors (Lipinski definition) is 2. The minimum Gasteiger partial charge on any atom is -0.351 e. The summed E-state index contributed by atoms with van der Waals surface area (Å²) in [7, 11) is 3.94. The normalized spacial score (nSPS) is 11.5. The standard InChI is InChI=1S/C21H23N9O/c1-28(2)11-10-24-21(31)17-5-3-16(4-6-17)13-25-27-19-7-8-23-20-18(19)14-26-30(20)29-12-9-22-15-29/h3-9,12-15H,10-11H2,1-2H3,(H,23,27)(H,24,31)/b25-13+. The molecule has 0 aliphatic heterocycles. The molecule has 2 N–H and O–H groups in total. The molecule has 3 aromatic heterocycles. The van der Waals surface area contributed by atoms with Crippen molar-refractivity contribution in [3.8, 4) is 0 Å². The van der Waals surface area contributed by atoms with Crippen LogP contribution in [0.25, 0.3) is 11.0 Å². The third-order valence-electron chi connectivity index (χ3n) is 4.58. The highest BCUT2D eigenvalue weighted by Gasteiger charge is 2.09. The molecule has 0 saturated heterocycles. The van der Waals surface area contributed by atoms with Crippen LogP contribution in [0.4, 0.5) is 5.69 Å².